The molecular weight excluding hydrogens is 444 g/mol. The Morgan fingerprint density at radius 2 is 1.69 bits per heavy atom. The molecule has 2 aromatic heterocycles. The Labute approximate surface area is 192 Å². The van der Waals surface area contributed by atoms with E-state index in [2.05, 4.69) is 15.3 Å². The molecule has 0 bridgehead atoms. The monoisotopic (exact) mass is 468 g/mol. The van der Waals surface area contributed by atoms with Crippen molar-refractivity contribution in [1.82, 2.24) is 14.3 Å². The minimum atomic E-state index is -3.40. The zero-order chi connectivity index (χ0) is 22.4. The van der Waals surface area contributed by atoms with Crippen LogP contribution < -0.4 is 5.32 Å². The summed E-state index contributed by atoms with van der Waals surface area (Å²) < 4.78 is 26.9. The molecule has 1 amide bonds. The number of anilines is 1. The average molecular weight is 469 g/mol. The fraction of sp³-hybridized carbons (Fsp3) is 0.261. The van der Waals surface area contributed by atoms with E-state index in [1.54, 1.807) is 18.5 Å². The first-order chi connectivity index (χ1) is 15.5. The van der Waals surface area contributed by atoms with Crippen molar-refractivity contribution in [1.29, 1.82) is 0 Å². The van der Waals surface area contributed by atoms with Crippen LogP contribution in [-0.4, -0.2) is 41.7 Å². The molecule has 3 heterocycles. The topological polar surface area (TPSA) is 92.3 Å². The molecule has 3 aromatic rings. The summed E-state index contributed by atoms with van der Waals surface area (Å²) in [7, 11) is -3.40. The number of sulfonamides is 1. The number of aromatic nitrogens is 2. The van der Waals surface area contributed by atoms with Crippen molar-refractivity contribution < 1.29 is 13.2 Å². The summed E-state index contributed by atoms with van der Waals surface area (Å²) in [5.74, 6) is -0.332. The van der Waals surface area contributed by atoms with E-state index in [1.165, 1.54) is 16.1 Å². The van der Waals surface area contributed by atoms with Crippen LogP contribution in [0.15, 0.2) is 83.1 Å². The summed E-state index contributed by atoms with van der Waals surface area (Å²) >= 11 is 1.42. The Balaban J connectivity index is 1.31. The van der Waals surface area contributed by atoms with Crippen LogP contribution >= 0.6 is 11.8 Å². The lowest BCUT2D eigenvalue weighted by molar-refractivity contribution is -0.120. The number of nitrogens with one attached hydrogen (secondary N) is 1. The maximum atomic E-state index is 12.8. The Hall–Kier alpha value is -2.75. The lowest BCUT2D eigenvalue weighted by atomic mass is 9.97. The van der Waals surface area contributed by atoms with E-state index in [1.807, 2.05) is 54.6 Å². The van der Waals surface area contributed by atoms with E-state index >= 15 is 0 Å². The number of hydrogen-bond acceptors (Lipinski definition) is 6. The van der Waals surface area contributed by atoms with Crippen LogP contribution in [0.1, 0.15) is 18.4 Å². The van der Waals surface area contributed by atoms with Crippen molar-refractivity contribution in [2.24, 2.45) is 5.92 Å². The molecule has 0 saturated carbocycles. The van der Waals surface area contributed by atoms with Gasteiger partial charge < -0.3 is 5.32 Å². The van der Waals surface area contributed by atoms with Crippen molar-refractivity contribution in [3.63, 3.8) is 0 Å². The highest BCUT2D eigenvalue weighted by molar-refractivity contribution is 7.99. The minimum absolute atomic E-state index is 0.0154. The molecular formula is C23H24N4O3S2. The van der Waals surface area contributed by atoms with Gasteiger partial charge in [0.25, 0.3) is 0 Å². The van der Waals surface area contributed by atoms with Crippen LogP contribution in [0.5, 0.6) is 0 Å². The van der Waals surface area contributed by atoms with Gasteiger partial charge in [0.15, 0.2) is 0 Å². The molecule has 1 saturated heterocycles. The quantitative estimate of drug-likeness (QED) is 0.567. The maximum Gasteiger partial charge on any atom is 0.227 e. The molecule has 0 aliphatic carbocycles. The largest absolute Gasteiger partial charge is 0.326 e. The second-order valence-corrected chi connectivity index (χ2v) is 10.6. The molecule has 1 aliphatic heterocycles. The van der Waals surface area contributed by atoms with Crippen LogP contribution in [0.25, 0.3) is 0 Å². The number of carbonyl (C=O) groups excluding carboxylic acids is 1. The van der Waals surface area contributed by atoms with Gasteiger partial charge in [-0.1, -0.05) is 48.2 Å². The summed E-state index contributed by atoms with van der Waals surface area (Å²) in [6.45, 7) is 0.703. The van der Waals surface area contributed by atoms with E-state index in [-0.39, 0.29) is 17.6 Å². The summed E-state index contributed by atoms with van der Waals surface area (Å²) in [6.07, 6.45) is 4.38. The molecule has 1 N–H and O–H groups in total. The van der Waals surface area contributed by atoms with Crippen molar-refractivity contribution in [2.45, 2.75) is 28.6 Å². The van der Waals surface area contributed by atoms with E-state index in [4.69, 9.17) is 0 Å². The van der Waals surface area contributed by atoms with E-state index in [0.717, 1.165) is 15.6 Å². The van der Waals surface area contributed by atoms with Gasteiger partial charge in [-0.15, -0.1) is 0 Å². The first-order valence-electron chi connectivity index (χ1n) is 10.4. The molecule has 0 radical (unpaired) electrons. The molecule has 32 heavy (non-hydrogen) atoms. The Morgan fingerprint density at radius 1 is 0.969 bits per heavy atom. The van der Waals surface area contributed by atoms with Crippen LogP contribution in [0.3, 0.4) is 0 Å². The number of hydrogen-bond donors (Lipinski definition) is 1. The number of rotatable bonds is 7. The van der Waals surface area contributed by atoms with E-state index in [0.29, 0.717) is 31.6 Å². The first-order valence-corrected chi connectivity index (χ1v) is 12.8. The third kappa shape index (κ3) is 5.93. The zero-order valence-corrected chi connectivity index (χ0v) is 19.1. The fourth-order valence-corrected chi connectivity index (χ4v) is 5.91. The van der Waals surface area contributed by atoms with Crippen molar-refractivity contribution >= 4 is 33.4 Å². The minimum Gasteiger partial charge on any atom is -0.326 e. The van der Waals surface area contributed by atoms with E-state index in [9.17, 15) is 13.2 Å². The average Bonchev–Trinajstić information content (AvgIpc) is 2.80. The highest BCUT2D eigenvalue weighted by Gasteiger charge is 2.31. The lowest BCUT2D eigenvalue weighted by Crippen LogP contribution is -2.41. The molecule has 7 nitrogen and oxygen atoms in total. The predicted molar refractivity (Wildman–Crippen MR) is 125 cm³/mol. The summed E-state index contributed by atoms with van der Waals surface area (Å²) in [5, 5.41) is 4.52. The Bertz CT molecular complexity index is 1150. The lowest BCUT2D eigenvalue weighted by Gasteiger charge is -2.30. The van der Waals surface area contributed by atoms with Crippen LogP contribution in [-0.2, 0) is 20.6 Å². The summed E-state index contributed by atoms with van der Waals surface area (Å²) in [6, 6.07) is 18.4. The number of amides is 1. The summed E-state index contributed by atoms with van der Waals surface area (Å²) in [5.41, 5.74) is 1.44. The molecule has 9 heteroatoms. The van der Waals surface area contributed by atoms with E-state index < -0.39 is 10.0 Å². The van der Waals surface area contributed by atoms with Gasteiger partial charge in [-0.25, -0.2) is 22.7 Å². The maximum absolute atomic E-state index is 12.8. The molecule has 0 unspecified atom stereocenters. The number of carbonyl (C=O) groups is 1. The molecule has 0 spiro atoms. The highest BCUT2D eigenvalue weighted by atomic mass is 32.2. The zero-order valence-electron chi connectivity index (χ0n) is 17.4. The van der Waals surface area contributed by atoms with Gasteiger partial charge in [0.05, 0.1) is 5.75 Å². The number of benzene rings is 1. The molecule has 1 aliphatic rings. The molecule has 0 atom stereocenters. The first kappa shape index (κ1) is 22.4. The van der Waals surface area contributed by atoms with Crippen LogP contribution in [0.2, 0.25) is 0 Å². The van der Waals surface area contributed by atoms with Gasteiger partial charge in [0.1, 0.15) is 10.1 Å². The second-order valence-electron chi connectivity index (χ2n) is 7.56. The standard InChI is InChI=1S/C23H24N4O3S2/c28-23(26-20-9-13-25-22(16-20)31-21-8-4-5-12-24-21)19-10-14-27(15-11-19)32(29,30)17-18-6-2-1-3-7-18/h1-9,12-13,16,19H,10-11,14-15,17H2,(H,25,26,28). The second kappa shape index (κ2) is 10.2. The van der Waals surface area contributed by atoms with Crippen LogP contribution in [0.4, 0.5) is 5.69 Å². The normalized spacial score (nSPS) is 15.4. The van der Waals surface area contributed by atoms with Crippen molar-refractivity contribution in [2.75, 3.05) is 18.4 Å². The van der Waals surface area contributed by atoms with Crippen LogP contribution in [0, 0.1) is 5.92 Å². The number of piperidine rings is 1. The molecule has 1 fully saturated rings. The predicted octanol–water partition coefficient (Wildman–Crippen LogP) is 3.81. The van der Waals surface area contributed by atoms with Gasteiger partial charge in [-0.2, -0.15) is 0 Å². The van der Waals surface area contributed by atoms with Gasteiger partial charge >= 0.3 is 0 Å². The molecule has 166 valence electrons. The van der Waals surface area contributed by atoms with Gasteiger partial charge in [-0.05, 0) is 42.7 Å². The highest BCUT2D eigenvalue weighted by Crippen LogP contribution is 2.27. The van der Waals surface area contributed by atoms with Gasteiger partial charge in [-0.3, -0.25) is 4.79 Å². The SMILES string of the molecule is O=C(Nc1ccnc(Sc2ccccn2)c1)C1CCN(S(=O)(=O)Cc2ccccc2)CC1. The van der Waals surface area contributed by atoms with Crippen molar-refractivity contribution in [3.05, 3.63) is 78.6 Å². The molecule has 4 rings (SSSR count). The Morgan fingerprint density at radius 3 is 2.41 bits per heavy atom. The number of nitrogens with zero attached hydrogens (tertiary/aromatic N) is 3. The molecule has 1 aromatic carbocycles. The van der Waals surface area contributed by atoms with Gasteiger partial charge in [0.2, 0.25) is 15.9 Å². The van der Waals surface area contributed by atoms with Crippen molar-refractivity contribution in [3.8, 4) is 0 Å². The smallest absolute Gasteiger partial charge is 0.227 e. The third-order valence-corrected chi connectivity index (χ3v) is 7.99. The summed E-state index contributed by atoms with van der Waals surface area (Å²) in [4.78, 5) is 21.4. The van der Waals surface area contributed by atoms with Gasteiger partial charge in [0, 0.05) is 37.1 Å². The fourth-order valence-electron chi connectivity index (χ4n) is 3.57. The third-order valence-electron chi connectivity index (χ3n) is 5.26. The Kier molecular flexibility index (Phi) is 7.19. The number of pyridine rings is 2.